The van der Waals surface area contributed by atoms with Crippen molar-refractivity contribution in [2.45, 2.75) is 74.5 Å². The van der Waals surface area contributed by atoms with Crippen molar-refractivity contribution in [3.05, 3.63) is 0 Å². The Hall–Kier alpha value is -1.33. The van der Waals surface area contributed by atoms with Gasteiger partial charge < -0.3 is 9.47 Å². The molecule has 0 aromatic heterocycles. The van der Waals surface area contributed by atoms with Crippen LogP contribution in [-0.2, 0) is 19.1 Å². The minimum atomic E-state index is -6.45. The molecular weight excluding hydrogens is 456 g/mol. The summed E-state index contributed by atoms with van der Waals surface area (Å²) in [5, 5.41) is -0.126. The molecule has 4 nitrogen and oxygen atoms in total. The molecule has 1 aliphatic rings. The van der Waals surface area contributed by atoms with Crippen molar-refractivity contribution < 1.29 is 54.2 Å². The van der Waals surface area contributed by atoms with Crippen molar-refractivity contribution in [2.75, 3.05) is 13.2 Å². The zero-order chi connectivity index (χ0) is 23.2. The van der Waals surface area contributed by atoms with Gasteiger partial charge in [0.15, 0.2) is 6.61 Å². The Labute approximate surface area is 172 Å². The van der Waals surface area contributed by atoms with Crippen LogP contribution in [0, 0.1) is 5.92 Å². The molecule has 30 heavy (non-hydrogen) atoms. The van der Waals surface area contributed by atoms with Gasteiger partial charge in [-0.05, 0) is 19.3 Å². The van der Waals surface area contributed by atoms with Gasteiger partial charge in [0.05, 0.1) is 6.61 Å². The van der Waals surface area contributed by atoms with E-state index in [0.717, 1.165) is 25.7 Å². The standard InChI is InChI=1S/C17H21ClF8O4/c18-11-5-2-1-4-10(11)8-29-12(27)6-3-7-13(28)30-9-15(21,22)17(25,26)16(23,24)14(19)20/h10-11,14H,1-9H2. The Morgan fingerprint density at radius 3 is 2.00 bits per heavy atom. The highest BCUT2D eigenvalue weighted by atomic mass is 35.5. The second-order valence-electron chi connectivity index (χ2n) is 6.96. The molecule has 1 fully saturated rings. The molecule has 0 aromatic carbocycles. The minimum Gasteiger partial charge on any atom is -0.465 e. The summed E-state index contributed by atoms with van der Waals surface area (Å²) in [5.41, 5.74) is 0. The second kappa shape index (κ2) is 10.8. The molecule has 0 amide bonds. The van der Waals surface area contributed by atoms with Gasteiger partial charge in [0, 0.05) is 24.1 Å². The second-order valence-corrected chi connectivity index (χ2v) is 7.52. The maximum absolute atomic E-state index is 13.3. The maximum atomic E-state index is 13.3. The molecule has 2 unspecified atom stereocenters. The fourth-order valence-electron chi connectivity index (χ4n) is 2.71. The molecule has 0 aliphatic heterocycles. The van der Waals surface area contributed by atoms with Gasteiger partial charge in [0.2, 0.25) is 0 Å². The van der Waals surface area contributed by atoms with Crippen molar-refractivity contribution in [1.29, 1.82) is 0 Å². The van der Waals surface area contributed by atoms with E-state index in [2.05, 4.69) is 4.74 Å². The molecule has 1 rings (SSSR count). The smallest absolute Gasteiger partial charge is 0.381 e. The van der Waals surface area contributed by atoms with Crippen LogP contribution in [0.5, 0.6) is 0 Å². The van der Waals surface area contributed by atoms with E-state index in [1.807, 2.05) is 0 Å². The lowest BCUT2D eigenvalue weighted by molar-refractivity contribution is -0.344. The lowest BCUT2D eigenvalue weighted by Gasteiger charge is -2.31. The average Bonchev–Trinajstić information content (AvgIpc) is 2.65. The van der Waals surface area contributed by atoms with E-state index in [9.17, 15) is 44.7 Å². The van der Waals surface area contributed by atoms with Gasteiger partial charge in [-0.25, -0.2) is 8.78 Å². The normalized spacial score (nSPS) is 20.9. The van der Waals surface area contributed by atoms with E-state index in [-0.39, 0.29) is 30.7 Å². The summed E-state index contributed by atoms with van der Waals surface area (Å²) in [4.78, 5) is 22.9. The lowest BCUT2D eigenvalue weighted by Crippen LogP contribution is -2.59. The topological polar surface area (TPSA) is 52.6 Å². The van der Waals surface area contributed by atoms with Gasteiger partial charge in [0.25, 0.3) is 0 Å². The summed E-state index contributed by atoms with van der Waals surface area (Å²) in [7, 11) is 0. The SMILES string of the molecule is O=C(CCCC(=O)OCC(F)(F)C(F)(F)C(F)(F)C(F)F)OCC1CCCCC1Cl. The highest BCUT2D eigenvalue weighted by Gasteiger charge is 2.75. The van der Waals surface area contributed by atoms with E-state index in [4.69, 9.17) is 16.3 Å². The van der Waals surface area contributed by atoms with Crippen LogP contribution in [-0.4, -0.2) is 54.7 Å². The fourth-order valence-corrected chi connectivity index (χ4v) is 3.07. The first kappa shape index (κ1) is 26.7. The number of alkyl halides is 9. The largest absolute Gasteiger partial charge is 0.465 e. The van der Waals surface area contributed by atoms with E-state index in [1.165, 1.54) is 0 Å². The molecule has 2 atom stereocenters. The lowest BCUT2D eigenvalue weighted by atomic mass is 9.89. The predicted octanol–water partition coefficient (Wildman–Crippen LogP) is 5.21. The van der Waals surface area contributed by atoms with Crippen LogP contribution in [0.1, 0.15) is 44.9 Å². The van der Waals surface area contributed by atoms with E-state index in [0.29, 0.717) is 0 Å². The third-order valence-corrected chi connectivity index (χ3v) is 5.18. The zero-order valence-corrected chi connectivity index (χ0v) is 16.4. The van der Waals surface area contributed by atoms with Gasteiger partial charge in [-0.15, -0.1) is 11.6 Å². The number of carbonyl (C=O) groups is 2. The van der Waals surface area contributed by atoms with E-state index >= 15 is 0 Å². The summed E-state index contributed by atoms with van der Waals surface area (Å²) in [6.07, 6.45) is -2.78. The molecule has 0 radical (unpaired) electrons. The highest BCUT2D eigenvalue weighted by molar-refractivity contribution is 6.20. The third-order valence-electron chi connectivity index (χ3n) is 4.60. The van der Waals surface area contributed by atoms with Crippen LogP contribution in [0.15, 0.2) is 0 Å². The Morgan fingerprint density at radius 2 is 1.47 bits per heavy atom. The van der Waals surface area contributed by atoms with E-state index < -0.39 is 49.2 Å². The van der Waals surface area contributed by atoms with Gasteiger partial charge in [-0.3, -0.25) is 9.59 Å². The first-order valence-corrected chi connectivity index (χ1v) is 9.53. The molecule has 1 aliphatic carbocycles. The Morgan fingerprint density at radius 1 is 0.933 bits per heavy atom. The van der Waals surface area contributed by atoms with Crippen molar-refractivity contribution in [1.82, 2.24) is 0 Å². The van der Waals surface area contributed by atoms with Crippen molar-refractivity contribution in [3.63, 3.8) is 0 Å². The fraction of sp³-hybridized carbons (Fsp3) is 0.882. The van der Waals surface area contributed by atoms with Crippen LogP contribution in [0.25, 0.3) is 0 Å². The molecule has 0 heterocycles. The first-order chi connectivity index (χ1) is 13.7. The quantitative estimate of drug-likeness (QED) is 0.233. The molecule has 0 bridgehead atoms. The minimum absolute atomic E-state index is 0.00963. The number of esters is 2. The number of halogens is 9. The van der Waals surface area contributed by atoms with Crippen LogP contribution in [0.4, 0.5) is 35.1 Å². The van der Waals surface area contributed by atoms with Crippen LogP contribution < -0.4 is 0 Å². The van der Waals surface area contributed by atoms with Crippen LogP contribution in [0.3, 0.4) is 0 Å². The Balaban J connectivity index is 2.36. The maximum Gasteiger partial charge on any atom is 0.381 e. The van der Waals surface area contributed by atoms with E-state index in [1.54, 1.807) is 0 Å². The van der Waals surface area contributed by atoms with Gasteiger partial charge in [-0.1, -0.05) is 12.8 Å². The van der Waals surface area contributed by atoms with Crippen molar-refractivity contribution in [2.24, 2.45) is 5.92 Å². The zero-order valence-electron chi connectivity index (χ0n) is 15.6. The van der Waals surface area contributed by atoms with Crippen LogP contribution >= 0.6 is 11.6 Å². The molecule has 13 heteroatoms. The number of rotatable bonds is 11. The molecule has 0 spiro atoms. The Kier molecular flexibility index (Phi) is 9.62. The molecule has 1 saturated carbocycles. The van der Waals surface area contributed by atoms with Gasteiger partial charge in [-0.2, -0.15) is 26.3 Å². The van der Waals surface area contributed by atoms with Gasteiger partial charge in [0.1, 0.15) is 0 Å². The van der Waals surface area contributed by atoms with Crippen molar-refractivity contribution >= 4 is 23.5 Å². The molecule has 0 aromatic rings. The molecule has 0 saturated heterocycles. The van der Waals surface area contributed by atoms with Gasteiger partial charge >= 0.3 is 36.1 Å². The average molecular weight is 477 g/mol. The Bertz CT molecular complexity index is 588. The summed E-state index contributed by atoms with van der Waals surface area (Å²) < 4.78 is 111. The number of ether oxygens (including phenoxy) is 2. The molecule has 176 valence electrons. The summed E-state index contributed by atoms with van der Waals surface area (Å²) >= 11 is 6.11. The summed E-state index contributed by atoms with van der Waals surface area (Å²) in [6, 6.07) is 0. The predicted molar refractivity (Wildman–Crippen MR) is 88.2 cm³/mol. The summed E-state index contributed by atoms with van der Waals surface area (Å²) in [6.45, 7) is -2.44. The monoisotopic (exact) mass is 476 g/mol. The first-order valence-electron chi connectivity index (χ1n) is 9.09. The molecule has 0 N–H and O–H groups in total. The van der Waals surface area contributed by atoms with Crippen molar-refractivity contribution in [3.8, 4) is 0 Å². The van der Waals surface area contributed by atoms with Crippen LogP contribution in [0.2, 0.25) is 0 Å². The molecular formula is C17H21ClF8O4. The summed E-state index contributed by atoms with van der Waals surface area (Å²) in [5.74, 6) is -20.7. The number of hydrogen-bond acceptors (Lipinski definition) is 4. The number of carbonyl (C=O) groups excluding carboxylic acids is 2. The number of hydrogen-bond donors (Lipinski definition) is 0. The highest BCUT2D eigenvalue weighted by Crippen LogP contribution is 2.48. The third kappa shape index (κ3) is 6.84.